The lowest BCUT2D eigenvalue weighted by Gasteiger charge is -2.24. The van der Waals surface area contributed by atoms with Gasteiger partial charge in [0.15, 0.2) is 12.4 Å². The average molecular weight is 438 g/mol. The smallest absolute Gasteiger partial charge is 0.338 e. The molecular weight excluding hydrogens is 412 g/mol. The van der Waals surface area contributed by atoms with Crippen molar-refractivity contribution in [2.24, 2.45) is 0 Å². The molecule has 7 heteroatoms. The number of esters is 2. The fourth-order valence-electron chi connectivity index (χ4n) is 3.31. The van der Waals surface area contributed by atoms with Crippen molar-refractivity contribution in [2.75, 3.05) is 20.3 Å². The molecule has 0 bridgehead atoms. The molecule has 1 fully saturated rings. The van der Waals surface area contributed by atoms with E-state index in [0.717, 1.165) is 0 Å². The van der Waals surface area contributed by atoms with Crippen molar-refractivity contribution in [1.29, 1.82) is 0 Å². The molecule has 0 aliphatic carbocycles. The molecule has 0 saturated carbocycles. The molecule has 3 rings (SSSR count). The van der Waals surface area contributed by atoms with E-state index in [4.69, 9.17) is 30.1 Å². The Morgan fingerprint density at radius 1 is 0.969 bits per heavy atom. The van der Waals surface area contributed by atoms with Gasteiger partial charge < -0.3 is 23.7 Å². The van der Waals surface area contributed by atoms with E-state index in [1.165, 1.54) is 7.11 Å². The molecule has 168 valence electrons. The van der Waals surface area contributed by atoms with E-state index >= 15 is 0 Å². The normalized spacial score (nSPS) is 22.1. The molecule has 0 aromatic heterocycles. The Bertz CT molecular complexity index is 907. The second-order valence-electron chi connectivity index (χ2n) is 7.12. The lowest BCUT2D eigenvalue weighted by atomic mass is 10.1. The van der Waals surface area contributed by atoms with Crippen molar-refractivity contribution >= 4 is 11.9 Å². The summed E-state index contributed by atoms with van der Waals surface area (Å²) < 4.78 is 28.4. The first-order chi connectivity index (χ1) is 15.6. The first-order valence-corrected chi connectivity index (χ1v) is 10.4. The van der Waals surface area contributed by atoms with E-state index in [2.05, 4.69) is 5.92 Å². The molecule has 0 spiro atoms. The van der Waals surface area contributed by atoms with E-state index < -0.39 is 36.5 Å². The van der Waals surface area contributed by atoms with Crippen LogP contribution in [0.5, 0.6) is 0 Å². The standard InChI is InChI=1S/C25H26O7/c1-3-4-11-16-29-22-21(32-24(27)19-14-9-6-10-15-19)20(31-25(22)28-2)17-30-23(26)18-12-7-5-8-13-18/h1,5-10,12-15,20-22,25H,4,11,16-17H2,2H3/t20-,21-,22-,25-/m1/s1. The summed E-state index contributed by atoms with van der Waals surface area (Å²) >= 11 is 0. The zero-order valence-corrected chi connectivity index (χ0v) is 17.8. The lowest BCUT2D eigenvalue weighted by Crippen LogP contribution is -2.41. The van der Waals surface area contributed by atoms with Crippen LogP contribution < -0.4 is 0 Å². The van der Waals surface area contributed by atoms with Crippen molar-refractivity contribution in [1.82, 2.24) is 0 Å². The summed E-state index contributed by atoms with van der Waals surface area (Å²) in [5.74, 6) is 1.52. The highest BCUT2D eigenvalue weighted by Crippen LogP contribution is 2.29. The van der Waals surface area contributed by atoms with Gasteiger partial charge >= 0.3 is 11.9 Å². The van der Waals surface area contributed by atoms with Gasteiger partial charge in [-0.1, -0.05) is 36.4 Å². The summed E-state index contributed by atoms with van der Waals surface area (Å²) in [4.78, 5) is 25.1. The Balaban J connectivity index is 1.72. The molecule has 1 aliphatic rings. The Morgan fingerprint density at radius 2 is 1.59 bits per heavy atom. The van der Waals surface area contributed by atoms with Crippen LogP contribution in [0.4, 0.5) is 0 Å². The third kappa shape index (κ3) is 6.17. The Morgan fingerprint density at radius 3 is 2.19 bits per heavy atom. The molecule has 0 radical (unpaired) electrons. The van der Waals surface area contributed by atoms with Gasteiger partial charge in [0.1, 0.15) is 18.8 Å². The minimum Gasteiger partial charge on any atom is -0.459 e. The van der Waals surface area contributed by atoms with Crippen LogP contribution in [0.3, 0.4) is 0 Å². The zero-order chi connectivity index (χ0) is 22.8. The van der Waals surface area contributed by atoms with E-state index in [9.17, 15) is 9.59 Å². The Kier molecular flexibility index (Phi) is 8.81. The van der Waals surface area contributed by atoms with Gasteiger partial charge in [-0.05, 0) is 30.7 Å². The van der Waals surface area contributed by atoms with E-state index in [0.29, 0.717) is 30.6 Å². The number of carbonyl (C=O) groups excluding carboxylic acids is 2. The van der Waals surface area contributed by atoms with E-state index in [1.54, 1.807) is 60.7 Å². The summed E-state index contributed by atoms with van der Waals surface area (Å²) in [7, 11) is 1.47. The molecule has 1 aliphatic heterocycles. The largest absolute Gasteiger partial charge is 0.459 e. The molecule has 2 aromatic rings. The van der Waals surface area contributed by atoms with Crippen molar-refractivity contribution < 1.29 is 33.3 Å². The van der Waals surface area contributed by atoms with Crippen molar-refractivity contribution in [3.8, 4) is 12.3 Å². The summed E-state index contributed by atoms with van der Waals surface area (Å²) in [6.45, 7) is 0.207. The number of ether oxygens (including phenoxy) is 5. The SMILES string of the molecule is C#CCCCO[C@H]1[C@H](OC)O[C@H](COC(=O)c2ccccc2)[C@H]1OC(=O)c1ccccc1. The Hall–Kier alpha value is -3.18. The maximum absolute atomic E-state index is 12.7. The minimum atomic E-state index is -0.845. The minimum absolute atomic E-state index is 0.134. The number of unbranched alkanes of at least 4 members (excludes halogenated alkanes) is 1. The molecule has 32 heavy (non-hydrogen) atoms. The van der Waals surface area contributed by atoms with Crippen LogP contribution in [0.15, 0.2) is 60.7 Å². The quantitative estimate of drug-likeness (QED) is 0.320. The second-order valence-corrected chi connectivity index (χ2v) is 7.12. The van der Waals surface area contributed by atoms with Crippen LogP contribution in [0.1, 0.15) is 33.6 Å². The van der Waals surface area contributed by atoms with Gasteiger partial charge in [0.25, 0.3) is 0 Å². The van der Waals surface area contributed by atoms with Gasteiger partial charge in [0, 0.05) is 20.1 Å². The molecular formula is C25H26O7. The molecule has 2 aromatic carbocycles. The van der Waals surface area contributed by atoms with Gasteiger partial charge in [0.05, 0.1) is 11.1 Å². The summed E-state index contributed by atoms with van der Waals surface area (Å²) in [5, 5.41) is 0. The molecule has 7 nitrogen and oxygen atoms in total. The number of terminal acetylenes is 1. The maximum Gasteiger partial charge on any atom is 0.338 e. The number of carbonyl (C=O) groups is 2. The van der Waals surface area contributed by atoms with Gasteiger partial charge in [-0.25, -0.2) is 9.59 Å². The summed E-state index contributed by atoms with van der Waals surface area (Å²) in [5.41, 5.74) is 0.799. The second kappa shape index (κ2) is 12.0. The highest BCUT2D eigenvalue weighted by Gasteiger charge is 2.49. The summed E-state index contributed by atoms with van der Waals surface area (Å²) in [6.07, 6.45) is 3.38. The fraction of sp³-hybridized carbons (Fsp3) is 0.360. The molecule has 1 heterocycles. The topological polar surface area (TPSA) is 80.3 Å². The number of hydrogen-bond donors (Lipinski definition) is 0. The van der Waals surface area contributed by atoms with E-state index in [-0.39, 0.29) is 6.61 Å². The summed E-state index contributed by atoms with van der Waals surface area (Å²) in [6, 6.07) is 17.2. The van der Waals surface area contributed by atoms with Gasteiger partial charge in [-0.2, -0.15) is 0 Å². The molecule has 0 N–H and O–H groups in total. The molecule has 4 atom stereocenters. The van der Waals surface area contributed by atoms with Crippen LogP contribution in [0.25, 0.3) is 0 Å². The molecule has 0 unspecified atom stereocenters. The van der Waals surface area contributed by atoms with Crippen LogP contribution in [0, 0.1) is 12.3 Å². The van der Waals surface area contributed by atoms with Gasteiger partial charge in [-0.3, -0.25) is 0 Å². The Labute approximate surface area is 187 Å². The van der Waals surface area contributed by atoms with Gasteiger partial charge in [-0.15, -0.1) is 12.3 Å². The van der Waals surface area contributed by atoms with E-state index in [1.807, 2.05) is 0 Å². The highest BCUT2D eigenvalue weighted by atomic mass is 16.7. The van der Waals surface area contributed by atoms with Gasteiger partial charge in [0.2, 0.25) is 0 Å². The third-order valence-corrected chi connectivity index (χ3v) is 4.92. The van der Waals surface area contributed by atoms with Crippen LogP contribution in [-0.4, -0.2) is 56.9 Å². The first kappa shape index (κ1) is 23.5. The lowest BCUT2D eigenvalue weighted by molar-refractivity contribution is -0.165. The predicted octanol–water partition coefficient (Wildman–Crippen LogP) is 3.24. The van der Waals surface area contributed by atoms with Crippen molar-refractivity contribution in [3.63, 3.8) is 0 Å². The third-order valence-electron chi connectivity index (χ3n) is 4.92. The number of methoxy groups -OCH3 is 1. The van der Waals surface area contributed by atoms with Crippen LogP contribution in [0.2, 0.25) is 0 Å². The predicted molar refractivity (Wildman–Crippen MR) is 116 cm³/mol. The van der Waals surface area contributed by atoms with Crippen molar-refractivity contribution in [3.05, 3.63) is 71.8 Å². The number of rotatable bonds is 10. The first-order valence-electron chi connectivity index (χ1n) is 10.4. The van der Waals surface area contributed by atoms with Crippen LogP contribution in [-0.2, 0) is 23.7 Å². The van der Waals surface area contributed by atoms with Crippen molar-refractivity contribution in [2.45, 2.75) is 37.4 Å². The number of hydrogen-bond acceptors (Lipinski definition) is 7. The molecule has 0 amide bonds. The maximum atomic E-state index is 12.7. The monoisotopic (exact) mass is 438 g/mol. The highest BCUT2D eigenvalue weighted by molar-refractivity contribution is 5.90. The molecule has 1 saturated heterocycles. The average Bonchev–Trinajstić information content (AvgIpc) is 3.17. The zero-order valence-electron chi connectivity index (χ0n) is 17.8. The fourth-order valence-corrected chi connectivity index (χ4v) is 3.31. The van der Waals surface area contributed by atoms with Crippen LogP contribution >= 0.6 is 0 Å². The number of benzene rings is 2.